The van der Waals surface area contributed by atoms with Crippen LogP contribution in [0, 0.1) is 4.91 Å². The molecule has 0 aromatic carbocycles. The molecule has 1 aromatic rings. The van der Waals surface area contributed by atoms with Gasteiger partial charge in [-0.1, -0.05) is 0 Å². The second kappa shape index (κ2) is 5.05. The van der Waals surface area contributed by atoms with Gasteiger partial charge in [0.2, 0.25) is 11.6 Å². The van der Waals surface area contributed by atoms with E-state index in [4.69, 9.17) is 10.8 Å². The molecule has 15 heavy (non-hydrogen) atoms. The minimum absolute atomic E-state index is 0.00444. The predicted octanol–water partition coefficient (Wildman–Crippen LogP) is -0.456. The van der Waals surface area contributed by atoms with Crippen molar-refractivity contribution in [3.8, 4) is 0 Å². The molecule has 0 spiro atoms. The van der Waals surface area contributed by atoms with Gasteiger partial charge >= 0.3 is 0 Å². The Balaban J connectivity index is 2.94. The summed E-state index contributed by atoms with van der Waals surface area (Å²) in [7, 11) is 0. The highest BCUT2D eigenvalue weighted by atomic mass is 16.3. The van der Waals surface area contributed by atoms with Gasteiger partial charge in [-0.2, -0.15) is 4.98 Å². The summed E-state index contributed by atoms with van der Waals surface area (Å²) in [4.78, 5) is 27.4. The number of nitrogen functional groups attached to an aromatic ring is 1. The van der Waals surface area contributed by atoms with Gasteiger partial charge in [-0.3, -0.25) is 9.78 Å². The zero-order valence-electron chi connectivity index (χ0n) is 7.86. The van der Waals surface area contributed by atoms with Crippen molar-refractivity contribution >= 4 is 17.5 Å². The fourth-order valence-electron chi connectivity index (χ4n) is 0.978. The van der Waals surface area contributed by atoms with Crippen molar-refractivity contribution in [1.82, 2.24) is 9.97 Å². The number of hydrogen-bond acceptors (Lipinski definition) is 7. The van der Waals surface area contributed by atoms with E-state index in [1.807, 2.05) is 0 Å². The maximum absolute atomic E-state index is 11.2. The van der Waals surface area contributed by atoms with Crippen LogP contribution in [0.2, 0.25) is 0 Å². The number of rotatable bonds is 5. The molecular weight excluding hydrogens is 202 g/mol. The van der Waals surface area contributed by atoms with Crippen LogP contribution in [0.5, 0.6) is 0 Å². The van der Waals surface area contributed by atoms with Crippen LogP contribution in [-0.2, 0) is 0 Å². The van der Waals surface area contributed by atoms with E-state index in [-0.39, 0.29) is 24.1 Å². The molecule has 0 radical (unpaired) electrons. The molecule has 82 valence electrons. The van der Waals surface area contributed by atoms with E-state index >= 15 is 0 Å². The molecule has 5 N–H and O–H groups in total. The minimum Gasteiger partial charge on any atom is -0.396 e. The molecule has 0 aliphatic carbocycles. The van der Waals surface area contributed by atoms with E-state index in [0.717, 1.165) is 0 Å². The third-order valence-electron chi connectivity index (χ3n) is 1.63. The van der Waals surface area contributed by atoms with Crippen molar-refractivity contribution in [2.45, 2.75) is 6.42 Å². The maximum atomic E-state index is 11.2. The van der Waals surface area contributed by atoms with Crippen molar-refractivity contribution in [3.05, 3.63) is 15.3 Å². The molecule has 1 aromatic heterocycles. The van der Waals surface area contributed by atoms with E-state index in [2.05, 4.69) is 20.5 Å². The molecule has 0 amide bonds. The number of hydrogen-bond donors (Lipinski definition) is 4. The lowest BCUT2D eigenvalue weighted by atomic mass is 10.4. The lowest BCUT2D eigenvalue weighted by Crippen LogP contribution is -2.15. The van der Waals surface area contributed by atoms with Crippen LogP contribution in [-0.4, -0.2) is 28.2 Å². The standard InChI is InChI=1S/C7H11N5O3/c8-7-10-5(9-2-1-3-13)4(12-15)6(14)11-7/h13H,1-3H2,(H4,8,9,10,11,14). The molecule has 0 aliphatic heterocycles. The lowest BCUT2D eigenvalue weighted by molar-refractivity contribution is 0.292. The van der Waals surface area contributed by atoms with E-state index < -0.39 is 5.56 Å². The van der Waals surface area contributed by atoms with Crippen LogP contribution in [0.4, 0.5) is 17.5 Å². The Kier molecular flexibility index (Phi) is 3.75. The number of nitrogens with one attached hydrogen (secondary N) is 2. The van der Waals surface area contributed by atoms with Gasteiger partial charge in [0.1, 0.15) is 0 Å². The van der Waals surface area contributed by atoms with E-state index in [9.17, 15) is 9.70 Å². The van der Waals surface area contributed by atoms with E-state index in [1.165, 1.54) is 0 Å². The fourth-order valence-corrected chi connectivity index (χ4v) is 0.978. The van der Waals surface area contributed by atoms with E-state index in [1.54, 1.807) is 0 Å². The topological polar surface area (TPSA) is 133 Å². The summed E-state index contributed by atoms with van der Waals surface area (Å²) >= 11 is 0. The Bertz CT molecular complexity index is 402. The first-order valence-corrected chi connectivity index (χ1v) is 4.27. The average molecular weight is 213 g/mol. The molecule has 1 rings (SSSR count). The second-order valence-electron chi connectivity index (χ2n) is 2.74. The van der Waals surface area contributed by atoms with Crippen molar-refractivity contribution in [2.75, 3.05) is 24.2 Å². The Labute approximate surface area is 84.5 Å². The highest BCUT2D eigenvalue weighted by Crippen LogP contribution is 2.16. The fraction of sp³-hybridized carbons (Fsp3) is 0.429. The molecule has 0 bridgehead atoms. The van der Waals surface area contributed by atoms with Gasteiger partial charge in [-0.05, 0) is 11.6 Å². The summed E-state index contributed by atoms with van der Waals surface area (Å²) in [6.45, 7) is 0.366. The van der Waals surface area contributed by atoms with Gasteiger partial charge in [0.25, 0.3) is 5.56 Å². The zero-order chi connectivity index (χ0) is 11.3. The Hall–Kier alpha value is -1.96. The van der Waals surface area contributed by atoms with Crippen molar-refractivity contribution < 1.29 is 5.11 Å². The molecule has 0 saturated carbocycles. The third-order valence-corrected chi connectivity index (χ3v) is 1.63. The maximum Gasteiger partial charge on any atom is 0.284 e. The number of H-pyrrole nitrogens is 1. The van der Waals surface area contributed by atoms with Crippen LogP contribution < -0.4 is 16.6 Å². The number of anilines is 2. The normalized spacial score (nSPS) is 9.93. The number of aromatic nitrogens is 2. The van der Waals surface area contributed by atoms with Crippen molar-refractivity contribution in [3.63, 3.8) is 0 Å². The number of nitrogens with zero attached hydrogens (tertiary/aromatic N) is 2. The number of aliphatic hydroxyl groups excluding tert-OH is 1. The van der Waals surface area contributed by atoms with Crippen LogP contribution >= 0.6 is 0 Å². The number of nitroso groups, excluding NO2 is 1. The Morgan fingerprint density at radius 2 is 2.33 bits per heavy atom. The largest absolute Gasteiger partial charge is 0.396 e. The van der Waals surface area contributed by atoms with Crippen LogP contribution in [0.3, 0.4) is 0 Å². The molecule has 1 heterocycles. The smallest absolute Gasteiger partial charge is 0.284 e. The highest BCUT2D eigenvalue weighted by Gasteiger charge is 2.10. The quantitative estimate of drug-likeness (QED) is 0.386. The van der Waals surface area contributed by atoms with Gasteiger partial charge in [-0.15, -0.1) is 4.91 Å². The zero-order valence-corrected chi connectivity index (χ0v) is 7.86. The first kappa shape index (κ1) is 11.1. The summed E-state index contributed by atoms with van der Waals surface area (Å²) in [5, 5.41) is 13.8. The lowest BCUT2D eigenvalue weighted by Gasteiger charge is -2.05. The molecular formula is C7H11N5O3. The number of nitrogens with two attached hydrogens (primary N) is 1. The summed E-state index contributed by atoms with van der Waals surface area (Å²) in [5.74, 6) is -0.0707. The Morgan fingerprint density at radius 3 is 2.93 bits per heavy atom. The predicted molar refractivity (Wildman–Crippen MR) is 54.9 cm³/mol. The SMILES string of the molecule is Nc1nc(NCCCO)c(N=O)c(=O)[nH]1. The summed E-state index contributed by atoms with van der Waals surface area (Å²) in [6.07, 6.45) is 0.465. The molecule has 0 atom stereocenters. The number of aromatic amines is 1. The highest BCUT2D eigenvalue weighted by molar-refractivity contribution is 5.60. The van der Waals surface area contributed by atoms with E-state index in [0.29, 0.717) is 13.0 Å². The van der Waals surface area contributed by atoms with Gasteiger partial charge in [0.05, 0.1) is 0 Å². The van der Waals surface area contributed by atoms with Crippen LogP contribution in [0.25, 0.3) is 0 Å². The van der Waals surface area contributed by atoms with Crippen molar-refractivity contribution in [1.29, 1.82) is 0 Å². The molecule has 0 fully saturated rings. The molecule has 8 nitrogen and oxygen atoms in total. The van der Waals surface area contributed by atoms with Crippen LogP contribution in [0.15, 0.2) is 9.97 Å². The first-order chi connectivity index (χ1) is 7.19. The molecule has 8 heteroatoms. The van der Waals surface area contributed by atoms with Crippen LogP contribution in [0.1, 0.15) is 6.42 Å². The van der Waals surface area contributed by atoms with Gasteiger partial charge < -0.3 is 16.2 Å². The minimum atomic E-state index is -0.691. The monoisotopic (exact) mass is 213 g/mol. The molecule has 0 aliphatic rings. The van der Waals surface area contributed by atoms with Gasteiger partial charge in [0.15, 0.2) is 5.82 Å². The van der Waals surface area contributed by atoms with Gasteiger partial charge in [-0.25, -0.2) is 0 Å². The number of aliphatic hydroxyl groups is 1. The second-order valence-corrected chi connectivity index (χ2v) is 2.74. The molecule has 0 unspecified atom stereocenters. The third kappa shape index (κ3) is 2.74. The summed E-state index contributed by atoms with van der Waals surface area (Å²) < 4.78 is 0. The van der Waals surface area contributed by atoms with Gasteiger partial charge in [0, 0.05) is 13.2 Å². The summed E-state index contributed by atoms with van der Waals surface area (Å²) in [5.41, 5.74) is 4.25. The first-order valence-electron chi connectivity index (χ1n) is 4.27. The molecule has 0 saturated heterocycles. The van der Waals surface area contributed by atoms with Crippen molar-refractivity contribution in [2.24, 2.45) is 5.18 Å². The Morgan fingerprint density at radius 1 is 1.60 bits per heavy atom. The summed E-state index contributed by atoms with van der Waals surface area (Å²) in [6, 6.07) is 0. The average Bonchev–Trinajstić information content (AvgIpc) is 2.17.